The topological polar surface area (TPSA) is 88.2 Å². The Morgan fingerprint density at radius 2 is 2.00 bits per heavy atom. The zero-order valence-corrected chi connectivity index (χ0v) is 18.3. The molecule has 2 heterocycles. The lowest BCUT2D eigenvalue weighted by molar-refractivity contribution is -0.123. The number of amides is 1. The SMILES string of the molecule is CC.COc1ccc(/C=N/NC(=O)C(CCO)c2cn3cc(C4CC4)ccc3n2)cc1. The average Bonchev–Trinajstić information content (AvgIpc) is 3.58. The molecule has 1 aliphatic rings. The molecule has 1 amide bonds. The number of aliphatic hydroxyl groups is 1. The van der Waals surface area contributed by atoms with Gasteiger partial charge in [0, 0.05) is 19.0 Å². The van der Waals surface area contributed by atoms with Gasteiger partial charge in [-0.2, -0.15) is 5.10 Å². The molecule has 2 aromatic heterocycles. The zero-order chi connectivity index (χ0) is 22.2. The number of ether oxygens (including phenoxy) is 1. The highest BCUT2D eigenvalue weighted by atomic mass is 16.5. The van der Waals surface area contributed by atoms with Gasteiger partial charge in [0.1, 0.15) is 11.4 Å². The van der Waals surface area contributed by atoms with E-state index < -0.39 is 5.92 Å². The van der Waals surface area contributed by atoms with Gasteiger partial charge >= 0.3 is 0 Å². The quantitative estimate of drug-likeness (QED) is 0.426. The minimum absolute atomic E-state index is 0.110. The second kappa shape index (κ2) is 10.7. The van der Waals surface area contributed by atoms with Crippen LogP contribution in [0.15, 0.2) is 53.9 Å². The van der Waals surface area contributed by atoms with E-state index in [0.717, 1.165) is 17.0 Å². The number of fused-ring (bicyclic) bond motifs is 1. The first kappa shape index (κ1) is 22.5. The van der Waals surface area contributed by atoms with Gasteiger partial charge in [-0.15, -0.1) is 0 Å². The van der Waals surface area contributed by atoms with Gasteiger partial charge in [-0.3, -0.25) is 4.79 Å². The Labute approximate surface area is 182 Å². The number of benzene rings is 1. The molecule has 0 saturated heterocycles. The fourth-order valence-corrected chi connectivity index (χ4v) is 3.34. The summed E-state index contributed by atoms with van der Waals surface area (Å²) < 4.78 is 7.08. The van der Waals surface area contributed by atoms with Crippen LogP contribution in [0.4, 0.5) is 0 Å². The molecule has 7 nitrogen and oxygen atoms in total. The van der Waals surface area contributed by atoms with Crippen molar-refractivity contribution in [1.29, 1.82) is 0 Å². The van der Waals surface area contributed by atoms with Gasteiger partial charge < -0.3 is 14.2 Å². The third-order valence-electron chi connectivity index (χ3n) is 5.14. The summed E-state index contributed by atoms with van der Waals surface area (Å²) in [6, 6.07) is 11.4. The molecule has 0 radical (unpaired) electrons. The molecule has 1 fully saturated rings. The largest absolute Gasteiger partial charge is 0.497 e. The van der Waals surface area contributed by atoms with Crippen molar-refractivity contribution < 1.29 is 14.6 Å². The molecule has 3 aromatic rings. The van der Waals surface area contributed by atoms with E-state index in [0.29, 0.717) is 11.6 Å². The van der Waals surface area contributed by atoms with Crippen LogP contribution in [-0.2, 0) is 4.79 Å². The maximum absolute atomic E-state index is 12.7. The number of pyridine rings is 1. The lowest BCUT2D eigenvalue weighted by Crippen LogP contribution is -2.26. The first-order chi connectivity index (χ1) is 15.2. The molecule has 1 saturated carbocycles. The minimum Gasteiger partial charge on any atom is -0.497 e. The summed E-state index contributed by atoms with van der Waals surface area (Å²) in [5, 5.41) is 13.5. The summed E-state index contributed by atoms with van der Waals surface area (Å²) in [5.41, 5.74) is 6.13. The van der Waals surface area contributed by atoms with Crippen LogP contribution in [0.1, 0.15) is 61.8 Å². The Bertz CT molecular complexity index is 1020. The second-order valence-corrected chi connectivity index (χ2v) is 7.24. The molecule has 7 heteroatoms. The molecule has 164 valence electrons. The highest BCUT2D eigenvalue weighted by molar-refractivity contribution is 5.86. The van der Waals surface area contributed by atoms with E-state index in [9.17, 15) is 9.90 Å². The second-order valence-electron chi connectivity index (χ2n) is 7.24. The summed E-state index contributed by atoms with van der Waals surface area (Å²) in [7, 11) is 1.61. The van der Waals surface area contributed by atoms with Gasteiger partial charge in [-0.25, -0.2) is 10.4 Å². The molecule has 2 N–H and O–H groups in total. The van der Waals surface area contributed by atoms with Crippen LogP contribution in [0.25, 0.3) is 5.65 Å². The molecular formula is C24H30N4O3. The van der Waals surface area contributed by atoms with Gasteiger partial charge in [0.05, 0.1) is 24.9 Å². The highest BCUT2D eigenvalue weighted by Gasteiger charge is 2.25. The van der Waals surface area contributed by atoms with Crippen LogP contribution in [0, 0.1) is 0 Å². The number of imidazole rings is 1. The summed E-state index contributed by atoms with van der Waals surface area (Å²) in [5.74, 6) is 0.534. The average molecular weight is 423 g/mol. The van der Waals surface area contributed by atoms with Gasteiger partial charge in [0.15, 0.2) is 0 Å². The number of aliphatic hydroxyl groups excluding tert-OH is 1. The lowest BCUT2D eigenvalue weighted by Gasteiger charge is -2.11. The van der Waals surface area contributed by atoms with E-state index in [1.807, 2.05) is 54.8 Å². The van der Waals surface area contributed by atoms with Gasteiger partial charge in [-0.05, 0) is 66.6 Å². The molecule has 1 atom stereocenters. The van der Waals surface area contributed by atoms with Crippen LogP contribution in [0.2, 0.25) is 0 Å². The van der Waals surface area contributed by atoms with Crippen molar-refractivity contribution in [1.82, 2.24) is 14.8 Å². The zero-order valence-electron chi connectivity index (χ0n) is 18.3. The summed E-state index contributed by atoms with van der Waals surface area (Å²) >= 11 is 0. The maximum atomic E-state index is 12.7. The molecule has 0 aliphatic heterocycles. The molecule has 31 heavy (non-hydrogen) atoms. The summed E-state index contributed by atoms with van der Waals surface area (Å²) in [6.45, 7) is 3.89. The normalized spacial score (nSPS) is 14.2. The third-order valence-corrected chi connectivity index (χ3v) is 5.14. The number of nitrogens with zero attached hydrogens (tertiary/aromatic N) is 3. The highest BCUT2D eigenvalue weighted by Crippen LogP contribution is 2.40. The van der Waals surface area contributed by atoms with Crippen LogP contribution >= 0.6 is 0 Å². The van der Waals surface area contributed by atoms with Crippen molar-refractivity contribution in [3.05, 3.63) is 65.6 Å². The predicted molar refractivity (Wildman–Crippen MR) is 122 cm³/mol. The Morgan fingerprint density at radius 1 is 1.26 bits per heavy atom. The third kappa shape index (κ3) is 5.70. The fraction of sp³-hybridized carbons (Fsp3) is 0.375. The Kier molecular flexibility index (Phi) is 7.78. The smallest absolute Gasteiger partial charge is 0.249 e. The van der Waals surface area contributed by atoms with Crippen LogP contribution in [-0.4, -0.2) is 40.3 Å². The van der Waals surface area contributed by atoms with E-state index >= 15 is 0 Å². The van der Waals surface area contributed by atoms with Gasteiger partial charge in [0.25, 0.3) is 0 Å². The molecule has 4 rings (SSSR count). The number of aromatic nitrogens is 2. The Balaban J connectivity index is 0.00000132. The standard InChI is InChI=1S/C22H24N4O3.C2H6/c1-29-18-7-2-15(3-8-18)12-23-25-22(28)19(10-11-27)20-14-26-13-17(16-4-5-16)6-9-21(26)24-20;1-2/h2-3,6-9,12-14,16,19,27H,4-5,10-11H2,1H3,(H,25,28);1-2H3/b23-12+;. The van der Waals surface area contributed by atoms with E-state index in [1.54, 1.807) is 13.3 Å². The van der Waals surface area contributed by atoms with Crippen molar-refractivity contribution in [3.8, 4) is 5.75 Å². The number of rotatable bonds is 8. The van der Waals surface area contributed by atoms with E-state index in [-0.39, 0.29) is 18.9 Å². The van der Waals surface area contributed by atoms with Crippen molar-refractivity contribution >= 4 is 17.8 Å². The Morgan fingerprint density at radius 3 is 2.65 bits per heavy atom. The predicted octanol–water partition coefficient (Wildman–Crippen LogP) is 3.86. The number of carbonyl (C=O) groups excluding carboxylic acids is 1. The van der Waals surface area contributed by atoms with Gasteiger partial charge in [-0.1, -0.05) is 19.9 Å². The summed E-state index contributed by atoms with van der Waals surface area (Å²) in [4.78, 5) is 17.3. The van der Waals surface area contributed by atoms with E-state index in [1.165, 1.54) is 18.4 Å². The van der Waals surface area contributed by atoms with Crippen molar-refractivity contribution in [2.75, 3.05) is 13.7 Å². The molecule has 0 bridgehead atoms. The van der Waals surface area contributed by atoms with Crippen molar-refractivity contribution in [2.45, 2.75) is 44.9 Å². The van der Waals surface area contributed by atoms with E-state index in [2.05, 4.69) is 27.8 Å². The van der Waals surface area contributed by atoms with Crippen molar-refractivity contribution in [2.24, 2.45) is 5.10 Å². The van der Waals surface area contributed by atoms with Crippen LogP contribution < -0.4 is 10.2 Å². The monoisotopic (exact) mass is 422 g/mol. The molecule has 1 unspecified atom stereocenters. The van der Waals surface area contributed by atoms with E-state index in [4.69, 9.17) is 4.74 Å². The molecule has 1 aromatic carbocycles. The lowest BCUT2D eigenvalue weighted by atomic mass is 10.0. The number of nitrogens with one attached hydrogen (secondary N) is 1. The molecule has 0 spiro atoms. The number of hydrazone groups is 1. The molecule has 1 aliphatic carbocycles. The first-order valence-electron chi connectivity index (χ1n) is 10.7. The maximum Gasteiger partial charge on any atom is 0.249 e. The minimum atomic E-state index is -0.572. The number of hydrogen-bond acceptors (Lipinski definition) is 5. The number of carbonyl (C=O) groups is 1. The van der Waals surface area contributed by atoms with Gasteiger partial charge in [0.2, 0.25) is 5.91 Å². The first-order valence-corrected chi connectivity index (χ1v) is 10.7. The van der Waals surface area contributed by atoms with Crippen LogP contribution in [0.5, 0.6) is 5.75 Å². The van der Waals surface area contributed by atoms with Crippen LogP contribution in [0.3, 0.4) is 0 Å². The summed E-state index contributed by atoms with van der Waals surface area (Å²) in [6.07, 6.45) is 8.26. The number of hydrogen-bond donors (Lipinski definition) is 2. The fourth-order valence-electron chi connectivity index (χ4n) is 3.34. The Hall–Kier alpha value is -3.19. The molecular weight excluding hydrogens is 392 g/mol. The van der Waals surface area contributed by atoms with Crippen molar-refractivity contribution in [3.63, 3.8) is 0 Å². The number of methoxy groups -OCH3 is 1.